The van der Waals surface area contributed by atoms with Gasteiger partial charge in [-0.25, -0.2) is 4.68 Å². The van der Waals surface area contributed by atoms with Crippen molar-refractivity contribution in [1.29, 1.82) is 0 Å². The molecule has 1 atom stereocenters. The van der Waals surface area contributed by atoms with Gasteiger partial charge in [0, 0.05) is 30.3 Å². The summed E-state index contributed by atoms with van der Waals surface area (Å²) in [5, 5.41) is 4.68. The molecule has 0 saturated carbocycles. The lowest BCUT2D eigenvalue weighted by molar-refractivity contribution is -0.132. The Balaban J connectivity index is 1.39. The van der Waals surface area contributed by atoms with E-state index in [1.807, 2.05) is 84.1 Å². The zero-order valence-electron chi connectivity index (χ0n) is 17.8. The third-order valence-electron chi connectivity index (χ3n) is 5.87. The van der Waals surface area contributed by atoms with E-state index in [2.05, 4.69) is 5.10 Å². The summed E-state index contributed by atoms with van der Waals surface area (Å²) in [7, 11) is 0. The van der Waals surface area contributed by atoms with Crippen LogP contribution in [0.2, 0.25) is 0 Å². The van der Waals surface area contributed by atoms with Crippen LogP contribution in [0.5, 0.6) is 5.75 Å². The predicted molar refractivity (Wildman–Crippen MR) is 118 cm³/mol. The molecule has 0 radical (unpaired) electrons. The Bertz CT molecular complexity index is 982. The van der Waals surface area contributed by atoms with Crippen LogP contribution < -0.4 is 4.74 Å². The van der Waals surface area contributed by atoms with Crippen molar-refractivity contribution in [2.24, 2.45) is 5.92 Å². The molecular formula is C25H29N3O2. The minimum Gasteiger partial charge on any atom is -0.493 e. The monoisotopic (exact) mass is 403 g/mol. The summed E-state index contributed by atoms with van der Waals surface area (Å²) >= 11 is 0. The van der Waals surface area contributed by atoms with Gasteiger partial charge in [0.2, 0.25) is 5.91 Å². The zero-order valence-corrected chi connectivity index (χ0v) is 17.8. The maximum absolute atomic E-state index is 13.1. The summed E-state index contributed by atoms with van der Waals surface area (Å²) in [6, 6.07) is 20.0. The molecule has 2 aromatic carbocycles. The summed E-state index contributed by atoms with van der Waals surface area (Å²) in [6.45, 7) is 6.27. The highest BCUT2D eigenvalue weighted by Crippen LogP contribution is 2.22. The Morgan fingerprint density at radius 3 is 2.50 bits per heavy atom. The first kappa shape index (κ1) is 20.2. The lowest BCUT2D eigenvalue weighted by Gasteiger charge is -2.32. The molecule has 0 spiro atoms. The SMILES string of the molecule is Cc1nn(-c2ccccc2)c(C)c1CC(=O)N1CCCC(COc2ccccc2)C1. The van der Waals surface area contributed by atoms with Gasteiger partial charge in [0.05, 0.1) is 24.4 Å². The van der Waals surface area contributed by atoms with Gasteiger partial charge in [0.25, 0.3) is 0 Å². The molecule has 1 fully saturated rings. The van der Waals surface area contributed by atoms with Crippen molar-refractivity contribution in [2.75, 3.05) is 19.7 Å². The molecule has 0 N–H and O–H groups in total. The van der Waals surface area contributed by atoms with Crippen molar-refractivity contribution < 1.29 is 9.53 Å². The molecule has 0 bridgehead atoms. The van der Waals surface area contributed by atoms with Crippen molar-refractivity contribution in [1.82, 2.24) is 14.7 Å². The van der Waals surface area contributed by atoms with Crippen LogP contribution in [0.15, 0.2) is 60.7 Å². The zero-order chi connectivity index (χ0) is 20.9. The lowest BCUT2D eigenvalue weighted by atomic mass is 9.98. The van der Waals surface area contributed by atoms with Gasteiger partial charge < -0.3 is 9.64 Å². The van der Waals surface area contributed by atoms with Crippen molar-refractivity contribution in [3.63, 3.8) is 0 Å². The van der Waals surface area contributed by atoms with Gasteiger partial charge in [-0.3, -0.25) is 4.79 Å². The number of nitrogens with zero attached hydrogens (tertiary/aromatic N) is 3. The summed E-state index contributed by atoms with van der Waals surface area (Å²) in [5.41, 5.74) is 4.01. The van der Waals surface area contributed by atoms with Crippen LogP contribution >= 0.6 is 0 Å². The molecule has 1 aliphatic heterocycles. The molecular weight excluding hydrogens is 374 g/mol. The quantitative estimate of drug-likeness (QED) is 0.615. The Morgan fingerprint density at radius 2 is 1.77 bits per heavy atom. The number of para-hydroxylation sites is 2. The topological polar surface area (TPSA) is 47.4 Å². The number of hydrogen-bond acceptors (Lipinski definition) is 3. The molecule has 1 amide bonds. The van der Waals surface area contributed by atoms with E-state index < -0.39 is 0 Å². The standard InChI is InChI=1S/C25H29N3O2/c1-19-24(20(2)28(26-19)22-11-5-3-6-12-22)16-25(29)27-15-9-10-21(17-27)18-30-23-13-7-4-8-14-23/h3-8,11-14,21H,9-10,15-18H2,1-2H3. The molecule has 30 heavy (non-hydrogen) atoms. The fourth-order valence-corrected chi connectivity index (χ4v) is 4.17. The summed E-state index contributed by atoms with van der Waals surface area (Å²) in [5.74, 6) is 1.44. The maximum Gasteiger partial charge on any atom is 0.227 e. The second kappa shape index (κ2) is 9.16. The average molecular weight is 404 g/mol. The first-order valence-corrected chi connectivity index (χ1v) is 10.7. The van der Waals surface area contributed by atoms with E-state index in [4.69, 9.17) is 4.74 Å². The predicted octanol–water partition coefficient (Wildman–Crippen LogP) is 4.35. The van der Waals surface area contributed by atoms with Gasteiger partial charge in [0.15, 0.2) is 0 Å². The van der Waals surface area contributed by atoms with Crippen LogP contribution in [0.4, 0.5) is 0 Å². The normalized spacial score (nSPS) is 16.5. The number of rotatable bonds is 6. The van der Waals surface area contributed by atoms with Crippen LogP contribution in [-0.2, 0) is 11.2 Å². The van der Waals surface area contributed by atoms with E-state index in [1.54, 1.807) is 0 Å². The van der Waals surface area contributed by atoms with Crippen molar-refractivity contribution >= 4 is 5.91 Å². The number of benzene rings is 2. The Hall–Kier alpha value is -3.08. The minimum atomic E-state index is 0.179. The number of carbonyl (C=O) groups excluding carboxylic acids is 1. The number of aromatic nitrogens is 2. The largest absolute Gasteiger partial charge is 0.493 e. The summed E-state index contributed by atoms with van der Waals surface area (Å²) in [4.78, 5) is 15.1. The van der Waals surface area contributed by atoms with Gasteiger partial charge in [-0.05, 0) is 51.0 Å². The number of amides is 1. The van der Waals surface area contributed by atoms with E-state index in [9.17, 15) is 4.79 Å². The van der Waals surface area contributed by atoms with Gasteiger partial charge in [-0.15, -0.1) is 0 Å². The molecule has 5 heteroatoms. The highest BCUT2D eigenvalue weighted by Gasteiger charge is 2.26. The molecule has 4 rings (SSSR count). The number of aryl methyl sites for hydroxylation is 1. The molecule has 1 aromatic heterocycles. The molecule has 3 aromatic rings. The highest BCUT2D eigenvalue weighted by molar-refractivity contribution is 5.79. The average Bonchev–Trinajstić information content (AvgIpc) is 3.07. The second-order valence-corrected chi connectivity index (χ2v) is 8.05. The Morgan fingerprint density at radius 1 is 1.07 bits per heavy atom. The molecule has 156 valence electrons. The molecule has 1 unspecified atom stereocenters. The van der Waals surface area contributed by atoms with Crippen LogP contribution in [0.25, 0.3) is 5.69 Å². The number of piperidine rings is 1. The van der Waals surface area contributed by atoms with E-state index in [0.29, 0.717) is 18.9 Å². The van der Waals surface area contributed by atoms with Crippen LogP contribution in [0.1, 0.15) is 29.8 Å². The lowest BCUT2D eigenvalue weighted by Crippen LogP contribution is -2.42. The van der Waals surface area contributed by atoms with E-state index in [-0.39, 0.29) is 5.91 Å². The molecule has 1 saturated heterocycles. The highest BCUT2D eigenvalue weighted by atomic mass is 16.5. The van der Waals surface area contributed by atoms with Gasteiger partial charge in [-0.2, -0.15) is 5.10 Å². The molecule has 0 aliphatic carbocycles. The summed E-state index contributed by atoms with van der Waals surface area (Å²) < 4.78 is 7.87. The third-order valence-corrected chi connectivity index (χ3v) is 5.87. The number of ether oxygens (including phenoxy) is 1. The van der Waals surface area contributed by atoms with E-state index in [0.717, 1.165) is 54.3 Å². The van der Waals surface area contributed by atoms with Gasteiger partial charge in [-0.1, -0.05) is 36.4 Å². The molecule has 1 aliphatic rings. The van der Waals surface area contributed by atoms with Crippen LogP contribution in [-0.4, -0.2) is 40.3 Å². The summed E-state index contributed by atoms with van der Waals surface area (Å²) in [6.07, 6.45) is 2.52. The third kappa shape index (κ3) is 4.56. The second-order valence-electron chi connectivity index (χ2n) is 8.05. The maximum atomic E-state index is 13.1. The number of carbonyl (C=O) groups is 1. The Kier molecular flexibility index (Phi) is 6.17. The number of likely N-dealkylation sites (tertiary alicyclic amines) is 1. The van der Waals surface area contributed by atoms with E-state index in [1.165, 1.54) is 0 Å². The first-order chi connectivity index (χ1) is 14.6. The van der Waals surface area contributed by atoms with Crippen molar-refractivity contribution in [3.05, 3.63) is 77.6 Å². The van der Waals surface area contributed by atoms with E-state index >= 15 is 0 Å². The van der Waals surface area contributed by atoms with Gasteiger partial charge >= 0.3 is 0 Å². The molecule has 5 nitrogen and oxygen atoms in total. The Labute approximate surface area is 178 Å². The fraction of sp³-hybridized carbons (Fsp3) is 0.360. The van der Waals surface area contributed by atoms with Crippen LogP contribution in [0, 0.1) is 19.8 Å². The smallest absolute Gasteiger partial charge is 0.227 e. The minimum absolute atomic E-state index is 0.179. The molecule has 2 heterocycles. The number of hydrogen-bond donors (Lipinski definition) is 0. The van der Waals surface area contributed by atoms with Gasteiger partial charge in [0.1, 0.15) is 5.75 Å². The van der Waals surface area contributed by atoms with Crippen molar-refractivity contribution in [3.8, 4) is 11.4 Å². The first-order valence-electron chi connectivity index (χ1n) is 10.7. The van der Waals surface area contributed by atoms with Crippen molar-refractivity contribution in [2.45, 2.75) is 33.1 Å². The fourth-order valence-electron chi connectivity index (χ4n) is 4.17. The van der Waals surface area contributed by atoms with Crippen LogP contribution in [0.3, 0.4) is 0 Å².